The Bertz CT molecular complexity index is 243. The molecule has 0 radical (unpaired) electrons. The van der Waals surface area contributed by atoms with E-state index in [4.69, 9.17) is 5.11 Å². The third-order valence-corrected chi connectivity index (χ3v) is 2.85. The molecule has 3 atom stereocenters. The minimum Gasteiger partial charge on any atom is -0.481 e. The number of amides is 2. The van der Waals surface area contributed by atoms with Gasteiger partial charge >= 0.3 is 12.0 Å². The molecule has 0 fully saturated rings. The van der Waals surface area contributed by atoms with Crippen molar-refractivity contribution in [1.82, 2.24) is 10.6 Å². The van der Waals surface area contributed by atoms with Gasteiger partial charge in [0.05, 0.1) is 5.92 Å². The smallest absolute Gasteiger partial charge is 0.315 e. The molecule has 0 aromatic carbocycles. The van der Waals surface area contributed by atoms with E-state index in [-0.39, 0.29) is 18.6 Å². The quantitative estimate of drug-likeness (QED) is 0.646. The van der Waals surface area contributed by atoms with E-state index in [2.05, 4.69) is 24.5 Å². The van der Waals surface area contributed by atoms with Crippen LogP contribution in [0, 0.1) is 11.8 Å². The average molecular weight is 230 g/mol. The molecule has 3 N–H and O–H groups in total. The number of urea groups is 1. The Balaban J connectivity index is 3.87. The van der Waals surface area contributed by atoms with Gasteiger partial charge in [0.15, 0.2) is 0 Å². The molecule has 0 heterocycles. The molecule has 3 unspecified atom stereocenters. The van der Waals surface area contributed by atoms with Crippen molar-refractivity contribution in [2.75, 3.05) is 6.54 Å². The largest absolute Gasteiger partial charge is 0.481 e. The van der Waals surface area contributed by atoms with Crippen molar-refractivity contribution in [3.8, 4) is 0 Å². The molecule has 5 heteroatoms. The second-order valence-electron chi connectivity index (χ2n) is 4.27. The molecular formula is C11H22N2O3. The van der Waals surface area contributed by atoms with Gasteiger partial charge in [-0.15, -0.1) is 0 Å². The van der Waals surface area contributed by atoms with Gasteiger partial charge in [-0.3, -0.25) is 4.79 Å². The first-order valence-electron chi connectivity index (χ1n) is 5.65. The number of aliphatic carboxylic acids is 1. The maximum atomic E-state index is 11.4. The lowest BCUT2D eigenvalue weighted by Gasteiger charge is -2.20. The Kier molecular flexibility index (Phi) is 6.53. The number of carboxylic acids is 1. The summed E-state index contributed by atoms with van der Waals surface area (Å²) in [6, 6.07) is -0.217. The molecule has 0 bridgehead atoms. The topological polar surface area (TPSA) is 78.4 Å². The minimum atomic E-state index is -0.907. The van der Waals surface area contributed by atoms with Gasteiger partial charge < -0.3 is 15.7 Å². The highest BCUT2D eigenvalue weighted by molar-refractivity contribution is 5.75. The first-order valence-corrected chi connectivity index (χ1v) is 5.65. The zero-order valence-corrected chi connectivity index (χ0v) is 10.4. The van der Waals surface area contributed by atoms with Gasteiger partial charge in [-0.2, -0.15) is 0 Å². The summed E-state index contributed by atoms with van der Waals surface area (Å²) >= 11 is 0. The molecule has 0 aromatic heterocycles. The zero-order chi connectivity index (χ0) is 12.7. The Morgan fingerprint density at radius 3 is 2.25 bits per heavy atom. The van der Waals surface area contributed by atoms with Crippen molar-refractivity contribution in [3.05, 3.63) is 0 Å². The van der Waals surface area contributed by atoms with Crippen molar-refractivity contribution in [2.45, 2.75) is 40.2 Å². The van der Waals surface area contributed by atoms with Crippen molar-refractivity contribution in [2.24, 2.45) is 11.8 Å². The summed E-state index contributed by atoms with van der Waals surface area (Å²) in [6.45, 7) is 7.77. The van der Waals surface area contributed by atoms with Gasteiger partial charge in [0.1, 0.15) is 0 Å². The molecule has 0 spiro atoms. The van der Waals surface area contributed by atoms with Crippen LogP contribution in [-0.2, 0) is 4.79 Å². The first kappa shape index (κ1) is 14.7. The summed E-state index contributed by atoms with van der Waals surface area (Å²) in [4.78, 5) is 21.9. The first-order chi connectivity index (χ1) is 7.38. The molecule has 0 saturated heterocycles. The highest BCUT2D eigenvalue weighted by Gasteiger charge is 2.15. The fourth-order valence-corrected chi connectivity index (χ4v) is 1.09. The lowest BCUT2D eigenvalue weighted by molar-refractivity contribution is -0.140. The summed E-state index contributed by atoms with van der Waals surface area (Å²) in [6.07, 6.45) is 0.993. The molecule has 16 heavy (non-hydrogen) atoms. The van der Waals surface area contributed by atoms with Gasteiger partial charge in [0.2, 0.25) is 0 Å². The molecule has 0 saturated carbocycles. The van der Waals surface area contributed by atoms with Crippen LogP contribution in [0.4, 0.5) is 4.79 Å². The summed E-state index contributed by atoms with van der Waals surface area (Å²) in [7, 11) is 0. The number of rotatable bonds is 6. The molecular weight excluding hydrogens is 208 g/mol. The molecule has 5 nitrogen and oxygen atoms in total. The molecule has 0 aliphatic heterocycles. The van der Waals surface area contributed by atoms with Gasteiger partial charge in [0.25, 0.3) is 0 Å². The summed E-state index contributed by atoms with van der Waals surface area (Å²) in [5.41, 5.74) is 0. The standard InChI is InChI=1S/C11H22N2O3/c1-5-7(2)9(4)13-11(16)12-6-8(3)10(14)15/h7-9H,5-6H2,1-4H3,(H,14,15)(H2,12,13,16). The van der Waals surface area contributed by atoms with Crippen LogP contribution in [-0.4, -0.2) is 29.7 Å². The molecule has 0 rings (SSSR count). The number of hydrogen-bond acceptors (Lipinski definition) is 2. The normalized spacial score (nSPS) is 16.0. The molecule has 0 aliphatic rings. The van der Waals surface area contributed by atoms with E-state index in [1.807, 2.05) is 6.92 Å². The molecule has 0 aliphatic carbocycles. The highest BCUT2D eigenvalue weighted by Crippen LogP contribution is 2.06. The van der Waals surface area contributed by atoms with E-state index in [1.165, 1.54) is 0 Å². The number of carboxylic acid groups (broad SMARTS) is 1. The number of carbonyl (C=O) groups is 2. The van der Waals surface area contributed by atoms with Gasteiger partial charge in [-0.05, 0) is 12.8 Å². The zero-order valence-electron chi connectivity index (χ0n) is 10.4. The summed E-state index contributed by atoms with van der Waals surface area (Å²) < 4.78 is 0. The predicted octanol–water partition coefficient (Wildman–Crippen LogP) is 1.44. The van der Waals surface area contributed by atoms with E-state index in [9.17, 15) is 9.59 Å². The number of nitrogens with one attached hydrogen (secondary N) is 2. The minimum absolute atomic E-state index is 0.0881. The molecule has 2 amide bonds. The van der Waals surface area contributed by atoms with Crippen LogP contribution in [0.2, 0.25) is 0 Å². The third kappa shape index (κ3) is 5.58. The Hall–Kier alpha value is -1.26. The van der Waals surface area contributed by atoms with Crippen LogP contribution in [0.3, 0.4) is 0 Å². The number of carbonyl (C=O) groups excluding carboxylic acids is 1. The van der Waals surface area contributed by atoms with Crippen molar-refractivity contribution < 1.29 is 14.7 Å². The second kappa shape index (κ2) is 7.09. The van der Waals surface area contributed by atoms with Crippen molar-refractivity contribution in [3.63, 3.8) is 0 Å². The summed E-state index contributed by atoms with van der Waals surface area (Å²) in [5.74, 6) is -1.07. The highest BCUT2D eigenvalue weighted by atomic mass is 16.4. The summed E-state index contributed by atoms with van der Waals surface area (Å²) in [5, 5.41) is 14.0. The molecule has 0 aromatic rings. The van der Waals surface area contributed by atoms with E-state index < -0.39 is 11.9 Å². The fourth-order valence-electron chi connectivity index (χ4n) is 1.09. The van der Waals surface area contributed by atoms with Crippen LogP contribution < -0.4 is 10.6 Å². The maximum absolute atomic E-state index is 11.4. The van der Waals surface area contributed by atoms with E-state index >= 15 is 0 Å². The fraction of sp³-hybridized carbons (Fsp3) is 0.818. The van der Waals surface area contributed by atoms with Crippen molar-refractivity contribution >= 4 is 12.0 Å². The van der Waals surface area contributed by atoms with Crippen LogP contribution in [0.25, 0.3) is 0 Å². The third-order valence-electron chi connectivity index (χ3n) is 2.85. The van der Waals surface area contributed by atoms with Crippen LogP contribution >= 0.6 is 0 Å². The average Bonchev–Trinajstić information content (AvgIpc) is 2.24. The Morgan fingerprint density at radius 2 is 1.81 bits per heavy atom. The van der Waals surface area contributed by atoms with Crippen LogP contribution in [0.1, 0.15) is 34.1 Å². The monoisotopic (exact) mass is 230 g/mol. The van der Waals surface area contributed by atoms with E-state index in [0.717, 1.165) is 6.42 Å². The van der Waals surface area contributed by atoms with Gasteiger partial charge in [-0.25, -0.2) is 4.79 Å². The SMILES string of the molecule is CCC(C)C(C)NC(=O)NCC(C)C(=O)O. The molecule has 94 valence electrons. The van der Waals surface area contributed by atoms with Crippen LogP contribution in [0.15, 0.2) is 0 Å². The van der Waals surface area contributed by atoms with Gasteiger partial charge in [0, 0.05) is 12.6 Å². The lowest BCUT2D eigenvalue weighted by Crippen LogP contribution is -2.45. The Morgan fingerprint density at radius 1 is 1.25 bits per heavy atom. The second-order valence-corrected chi connectivity index (χ2v) is 4.27. The number of hydrogen-bond donors (Lipinski definition) is 3. The van der Waals surface area contributed by atoms with Gasteiger partial charge in [-0.1, -0.05) is 27.2 Å². The predicted molar refractivity (Wildman–Crippen MR) is 62.3 cm³/mol. The van der Waals surface area contributed by atoms with E-state index in [1.54, 1.807) is 6.92 Å². The van der Waals surface area contributed by atoms with E-state index in [0.29, 0.717) is 5.92 Å². The van der Waals surface area contributed by atoms with Crippen molar-refractivity contribution in [1.29, 1.82) is 0 Å². The van der Waals surface area contributed by atoms with Crippen LogP contribution in [0.5, 0.6) is 0 Å². The lowest BCUT2D eigenvalue weighted by atomic mass is 10.0. The maximum Gasteiger partial charge on any atom is 0.315 e. The Labute approximate surface area is 96.6 Å².